The molecule has 0 aliphatic heterocycles. The SMILES string of the molecule is Nc1cc(Cl)c(F)cc1Nc1cc(C(F)(F)F)ccc1Cl. The molecule has 3 N–H and O–H groups in total. The monoisotopic (exact) mass is 338 g/mol. The maximum absolute atomic E-state index is 13.4. The Balaban J connectivity index is 2.42. The Labute approximate surface area is 127 Å². The van der Waals surface area contributed by atoms with E-state index in [2.05, 4.69) is 5.32 Å². The van der Waals surface area contributed by atoms with Crippen LogP contribution < -0.4 is 11.1 Å². The summed E-state index contributed by atoms with van der Waals surface area (Å²) in [6, 6.07) is 4.89. The predicted octanol–water partition coefficient (Wildman–Crippen LogP) is 5.48. The van der Waals surface area contributed by atoms with Crippen LogP contribution in [0, 0.1) is 5.82 Å². The van der Waals surface area contributed by atoms with Gasteiger partial charge in [-0.15, -0.1) is 0 Å². The lowest BCUT2D eigenvalue weighted by atomic mass is 10.1. The Morgan fingerprint density at radius 2 is 1.62 bits per heavy atom. The van der Waals surface area contributed by atoms with Gasteiger partial charge in [0.1, 0.15) is 5.82 Å². The molecule has 2 aromatic rings. The Morgan fingerprint density at radius 1 is 0.952 bits per heavy atom. The summed E-state index contributed by atoms with van der Waals surface area (Å²) in [5.41, 5.74) is 4.85. The average Bonchev–Trinajstić information content (AvgIpc) is 2.37. The molecule has 0 heterocycles. The Hall–Kier alpha value is -1.66. The molecule has 0 aliphatic carbocycles. The number of anilines is 3. The van der Waals surface area contributed by atoms with Gasteiger partial charge in [-0.1, -0.05) is 23.2 Å². The van der Waals surface area contributed by atoms with Crippen molar-refractivity contribution < 1.29 is 17.6 Å². The lowest BCUT2D eigenvalue weighted by molar-refractivity contribution is -0.137. The molecule has 2 aromatic carbocycles. The van der Waals surface area contributed by atoms with E-state index >= 15 is 0 Å². The molecule has 0 atom stereocenters. The van der Waals surface area contributed by atoms with Crippen molar-refractivity contribution in [3.8, 4) is 0 Å². The summed E-state index contributed by atoms with van der Waals surface area (Å²) >= 11 is 11.4. The molecule has 0 radical (unpaired) electrons. The zero-order valence-electron chi connectivity index (χ0n) is 10.2. The highest BCUT2D eigenvalue weighted by Gasteiger charge is 2.31. The number of benzene rings is 2. The molecule has 0 spiro atoms. The van der Waals surface area contributed by atoms with Crippen LogP contribution in [0.2, 0.25) is 10.0 Å². The van der Waals surface area contributed by atoms with Crippen molar-refractivity contribution in [2.75, 3.05) is 11.1 Å². The normalized spacial score (nSPS) is 11.5. The lowest BCUT2D eigenvalue weighted by Gasteiger charge is -2.14. The Kier molecular flexibility index (Phi) is 4.20. The smallest absolute Gasteiger partial charge is 0.397 e. The van der Waals surface area contributed by atoms with E-state index in [0.29, 0.717) is 0 Å². The van der Waals surface area contributed by atoms with Gasteiger partial charge in [0, 0.05) is 6.07 Å². The van der Waals surface area contributed by atoms with Gasteiger partial charge >= 0.3 is 6.18 Å². The molecule has 0 aliphatic rings. The zero-order chi connectivity index (χ0) is 15.8. The first-order valence-corrected chi connectivity index (χ1v) is 6.32. The first-order chi connectivity index (χ1) is 9.68. The molecular formula is C13H8Cl2F4N2. The third-order valence-corrected chi connectivity index (χ3v) is 3.27. The van der Waals surface area contributed by atoms with Crippen molar-refractivity contribution in [2.24, 2.45) is 0 Å². The number of halogens is 6. The summed E-state index contributed by atoms with van der Waals surface area (Å²) in [6.45, 7) is 0. The fourth-order valence-electron chi connectivity index (χ4n) is 1.61. The molecule has 0 unspecified atom stereocenters. The van der Waals surface area contributed by atoms with Gasteiger partial charge in [-0.05, 0) is 24.3 Å². The van der Waals surface area contributed by atoms with Crippen molar-refractivity contribution in [3.63, 3.8) is 0 Å². The molecule has 0 fully saturated rings. The highest BCUT2D eigenvalue weighted by atomic mass is 35.5. The minimum absolute atomic E-state index is 0.0396. The largest absolute Gasteiger partial charge is 0.416 e. The first-order valence-electron chi connectivity index (χ1n) is 5.57. The summed E-state index contributed by atoms with van der Waals surface area (Å²) in [5, 5.41) is 2.42. The average molecular weight is 339 g/mol. The first kappa shape index (κ1) is 15.7. The molecular weight excluding hydrogens is 331 g/mol. The topological polar surface area (TPSA) is 38.0 Å². The number of alkyl halides is 3. The van der Waals surface area contributed by atoms with Crippen molar-refractivity contribution >= 4 is 40.3 Å². The molecule has 2 rings (SSSR count). The van der Waals surface area contributed by atoms with E-state index in [4.69, 9.17) is 28.9 Å². The third kappa shape index (κ3) is 3.51. The van der Waals surface area contributed by atoms with Crippen molar-refractivity contribution in [1.82, 2.24) is 0 Å². The number of hydrogen-bond acceptors (Lipinski definition) is 2. The highest BCUT2D eigenvalue weighted by Crippen LogP contribution is 2.36. The molecule has 0 aromatic heterocycles. The van der Waals surface area contributed by atoms with E-state index in [1.54, 1.807) is 0 Å². The van der Waals surface area contributed by atoms with Gasteiger partial charge in [-0.3, -0.25) is 0 Å². The van der Waals surface area contributed by atoms with Gasteiger partial charge in [-0.25, -0.2) is 4.39 Å². The molecule has 0 amide bonds. The van der Waals surface area contributed by atoms with Gasteiger partial charge in [0.15, 0.2) is 0 Å². The van der Waals surface area contributed by atoms with Gasteiger partial charge in [-0.2, -0.15) is 13.2 Å². The standard InChI is InChI=1S/C13H8Cl2F4N2/c14-7-2-1-6(13(17,18)19)3-11(7)21-12-5-9(16)8(15)4-10(12)20/h1-5,21H,20H2. The van der Waals surface area contributed by atoms with E-state index in [-0.39, 0.29) is 27.1 Å². The lowest BCUT2D eigenvalue weighted by Crippen LogP contribution is -2.06. The summed E-state index contributed by atoms with van der Waals surface area (Å²) < 4.78 is 51.4. The van der Waals surface area contributed by atoms with Crippen LogP contribution in [0.3, 0.4) is 0 Å². The molecule has 2 nitrogen and oxygen atoms in total. The Morgan fingerprint density at radius 3 is 2.24 bits per heavy atom. The summed E-state index contributed by atoms with van der Waals surface area (Å²) in [4.78, 5) is 0. The molecule has 0 bridgehead atoms. The van der Waals surface area contributed by atoms with E-state index in [9.17, 15) is 17.6 Å². The summed E-state index contributed by atoms with van der Waals surface area (Å²) in [6.07, 6.45) is -4.52. The van der Waals surface area contributed by atoms with Gasteiger partial charge < -0.3 is 11.1 Å². The van der Waals surface area contributed by atoms with Crippen molar-refractivity contribution in [3.05, 3.63) is 51.8 Å². The number of nitrogens with one attached hydrogen (secondary N) is 1. The molecule has 0 saturated heterocycles. The third-order valence-electron chi connectivity index (χ3n) is 2.66. The minimum Gasteiger partial charge on any atom is -0.397 e. The van der Waals surface area contributed by atoms with E-state index < -0.39 is 17.6 Å². The number of hydrogen-bond donors (Lipinski definition) is 2. The Bertz CT molecular complexity index is 687. The second kappa shape index (κ2) is 5.61. The van der Waals surface area contributed by atoms with Crippen LogP contribution in [0.25, 0.3) is 0 Å². The van der Waals surface area contributed by atoms with Gasteiger partial charge in [0.05, 0.1) is 32.7 Å². The van der Waals surface area contributed by atoms with Gasteiger partial charge in [0.25, 0.3) is 0 Å². The van der Waals surface area contributed by atoms with E-state index in [1.165, 1.54) is 0 Å². The zero-order valence-corrected chi connectivity index (χ0v) is 11.7. The van der Waals surface area contributed by atoms with Gasteiger partial charge in [0.2, 0.25) is 0 Å². The second-order valence-corrected chi connectivity index (χ2v) is 4.99. The van der Waals surface area contributed by atoms with Crippen LogP contribution in [0.5, 0.6) is 0 Å². The summed E-state index contributed by atoms with van der Waals surface area (Å²) in [5.74, 6) is -0.753. The van der Waals surface area contributed by atoms with E-state index in [0.717, 1.165) is 30.3 Å². The van der Waals surface area contributed by atoms with Crippen LogP contribution in [0.15, 0.2) is 30.3 Å². The quantitative estimate of drug-likeness (QED) is 0.562. The van der Waals surface area contributed by atoms with Crippen molar-refractivity contribution in [1.29, 1.82) is 0 Å². The maximum Gasteiger partial charge on any atom is 0.416 e. The maximum atomic E-state index is 13.4. The summed E-state index contributed by atoms with van der Waals surface area (Å²) in [7, 11) is 0. The fraction of sp³-hybridized carbons (Fsp3) is 0.0769. The van der Waals surface area contributed by atoms with Crippen LogP contribution >= 0.6 is 23.2 Å². The van der Waals surface area contributed by atoms with Crippen LogP contribution in [0.4, 0.5) is 34.6 Å². The fourth-order valence-corrected chi connectivity index (χ4v) is 1.95. The molecule has 8 heteroatoms. The highest BCUT2D eigenvalue weighted by molar-refractivity contribution is 6.33. The minimum atomic E-state index is -4.52. The van der Waals surface area contributed by atoms with Crippen LogP contribution in [0.1, 0.15) is 5.56 Å². The number of rotatable bonds is 2. The molecule has 112 valence electrons. The second-order valence-electron chi connectivity index (χ2n) is 4.17. The number of nitrogen functional groups attached to an aromatic ring is 1. The van der Waals surface area contributed by atoms with Crippen LogP contribution in [-0.2, 0) is 6.18 Å². The van der Waals surface area contributed by atoms with E-state index in [1.807, 2.05) is 0 Å². The molecule has 0 saturated carbocycles. The van der Waals surface area contributed by atoms with Crippen molar-refractivity contribution in [2.45, 2.75) is 6.18 Å². The number of nitrogens with two attached hydrogens (primary N) is 1. The van der Waals surface area contributed by atoms with Crippen LogP contribution in [-0.4, -0.2) is 0 Å². The molecule has 21 heavy (non-hydrogen) atoms. The predicted molar refractivity (Wildman–Crippen MR) is 75.6 cm³/mol.